The molecule has 0 N–H and O–H groups in total. The molecule has 0 bridgehead atoms. The van der Waals surface area contributed by atoms with Crippen LogP contribution in [-0.4, -0.2) is 0 Å². The smallest absolute Gasteiger partial charge is 0.0805 e. The minimum atomic E-state index is -0.489. The lowest BCUT2D eigenvalue weighted by atomic mass is 9.80. The first-order valence-corrected chi connectivity index (χ1v) is 7.19. The third-order valence-corrected chi connectivity index (χ3v) is 3.94. The predicted molar refractivity (Wildman–Crippen MR) is 84.2 cm³/mol. The monoisotopic (exact) mass is 314 g/mol. The average molecular weight is 315 g/mol. The number of nitrogens with zero attached hydrogens (tertiary/aromatic N) is 2. The van der Waals surface area contributed by atoms with Gasteiger partial charge in [-0.25, -0.2) is 0 Å². The van der Waals surface area contributed by atoms with E-state index in [0.29, 0.717) is 15.6 Å². The summed E-state index contributed by atoms with van der Waals surface area (Å²) in [5.74, 6) is -0.711. The Labute approximate surface area is 134 Å². The van der Waals surface area contributed by atoms with E-state index in [2.05, 4.69) is 12.1 Å². The van der Waals surface area contributed by atoms with E-state index in [9.17, 15) is 5.26 Å². The molecular formula is C17H12Cl2N2. The molecule has 0 spiro atoms. The van der Waals surface area contributed by atoms with Gasteiger partial charge in [0.05, 0.1) is 18.1 Å². The van der Waals surface area contributed by atoms with Crippen LogP contribution in [0.1, 0.15) is 29.4 Å². The van der Waals surface area contributed by atoms with Gasteiger partial charge in [-0.2, -0.15) is 10.5 Å². The molecule has 0 radical (unpaired) electrons. The number of rotatable bonds is 4. The highest BCUT2D eigenvalue weighted by Crippen LogP contribution is 2.38. The van der Waals surface area contributed by atoms with Gasteiger partial charge in [0.2, 0.25) is 0 Å². The molecule has 0 heterocycles. The third-order valence-electron chi connectivity index (χ3n) is 3.38. The Morgan fingerprint density at radius 1 is 1.00 bits per heavy atom. The number of nitriles is 2. The summed E-state index contributed by atoms with van der Waals surface area (Å²) < 4.78 is 0. The minimum Gasteiger partial charge on any atom is -0.198 e. The van der Waals surface area contributed by atoms with Crippen molar-refractivity contribution in [2.75, 3.05) is 0 Å². The largest absolute Gasteiger partial charge is 0.198 e. The Morgan fingerprint density at radius 2 is 1.71 bits per heavy atom. The molecule has 2 nitrogen and oxygen atoms in total. The molecule has 0 aromatic heterocycles. The van der Waals surface area contributed by atoms with Gasteiger partial charge in [-0.05, 0) is 23.3 Å². The second-order valence-corrected chi connectivity index (χ2v) is 5.50. The van der Waals surface area contributed by atoms with Crippen LogP contribution in [0.15, 0.2) is 48.5 Å². The van der Waals surface area contributed by atoms with Crippen molar-refractivity contribution < 1.29 is 0 Å². The fourth-order valence-corrected chi connectivity index (χ4v) is 2.88. The second kappa shape index (κ2) is 7.14. The summed E-state index contributed by atoms with van der Waals surface area (Å²) in [6.45, 7) is 0. The molecule has 0 aliphatic heterocycles. The molecule has 2 aromatic rings. The summed E-state index contributed by atoms with van der Waals surface area (Å²) in [6.07, 6.45) is 0.251. The molecule has 4 heteroatoms. The van der Waals surface area contributed by atoms with Crippen molar-refractivity contribution in [2.45, 2.75) is 18.3 Å². The molecule has 104 valence electrons. The van der Waals surface area contributed by atoms with Crippen molar-refractivity contribution in [3.05, 3.63) is 69.7 Å². The summed E-state index contributed by atoms with van der Waals surface area (Å²) in [5, 5.41) is 19.6. The molecule has 0 aliphatic rings. The van der Waals surface area contributed by atoms with Crippen molar-refractivity contribution in [1.29, 1.82) is 10.5 Å². The molecule has 2 aromatic carbocycles. The van der Waals surface area contributed by atoms with Crippen LogP contribution in [0.5, 0.6) is 0 Å². The molecule has 0 saturated carbocycles. The van der Waals surface area contributed by atoms with Crippen LogP contribution in [0.4, 0.5) is 0 Å². The number of halogens is 2. The zero-order chi connectivity index (χ0) is 15.2. The molecular weight excluding hydrogens is 303 g/mol. The lowest BCUT2D eigenvalue weighted by molar-refractivity contribution is 0.641. The van der Waals surface area contributed by atoms with Crippen molar-refractivity contribution in [2.24, 2.45) is 0 Å². The highest BCUT2D eigenvalue weighted by atomic mass is 35.5. The van der Waals surface area contributed by atoms with Crippen molar-refractivity contribution >= 4 is 23.2 Å². The molecule has 2 atom stereocenters. The summed E-state index contributed by atoms with van der Waals surface area (Å²) in [4.78, 5) is 0. The fraction of sp³-hybridized carbons (Fsp3) is 0.176. The normalized spacial score (nSPS) is 13.0. The van der Waals surface area contributed by atoms with E-state index in [4.69, 9.17) is 28.5 Å². The van der Waals surface area contributed by atoms with Crippen LogP contribution in [0.3, 0.4) is 0 Å². The predicted octanol–water partition coefficient (Wildman–Crippen LogP) is 5.30. The average Bonchev–Trinajstić information content (AvgIpc) is 2.50. The quantitative estimate of drug-likeness (QED) is 0.769. The number of benzene rings is 2. The Hall–Kier alpha value is -2.00. The molecule has 0 aliphatic carbocycles. The Bertz CT molecular complexity index is 699. The number of hydrogen-bond acceptors (Lipinski definition) is 2. The molecule has 0 amide bonds. The van der Waals surface area contributed by atoms with E-state index < -0.39 is 5.92 Å². The SMILES string of the molecule is N#CC[C@H](c1ccccc1)[C@H](C#N)c1ccc(Cl)cc1Cl. The van der Waals surface area contributed by atoms with Crippen LogP contribution in [0.2, 0.25) is 10.0 Å². The fourth-order valence-electron chi connectivity index (χ4n) is 2.36. The Kier molecular flexibility index (Phi) is 5.23. The summed E-state index contributed by atoms with van der Waals surface area (Å²) in [7, 11) is 0. The third kappa shape index (κ3) is 3.56. The molecule has 0 saturated heterocycles. The molecule has 2 rings (SSSR count). The highest BCUT2D eigenvalue weighted by Gasteiger charge is 2.26. The van der Waals surface area contributed by atoms with E-state index in [1.54, 1.807) is 18.2 Å². The first kappa shape index (κ1) is 15.4. The maximum Gasteiger partial charge on any atom is 0.0805 e. The second-order valence-electron chi connectivity index (χ2n) is 4.65. The van der Waals surface area contributed by atoms with E-state index in [1.165, 1.54) is 0 Å². The summed E-state index contributed by atoms with van der Waals surface area (Å²) in [5.41, 5.74) is 1.66. The Morgan fingerprint density at radius 3 is 2.29 bits per heavy atom. The molecule has 21 heavy (non-hydrogen) atoms. The topological polar surface area (TPSA) is 47.6 Å². The van der Waals surface area contributed by atoms with E-state index in [0.717, 1.165) is 5.56 Å². The van der Waals surface area contributed by atoms with Crippen molar-refractivity contribution in [3.8, 4) is 12.1 Å². The zero-order valence-corrected chi connectivity index (χ0v) is 12.6. The highest BCUT2D eigenvalue weighted by molar-refractivity contribution is 6.35. The van der Waals surface area contributed by atoms with Crippen LogP contribution < -0.4 is 0 Å². The van der Waals surface area contributed by atoms with Gasteiger partial charge in [0.15, 0.2) is 0 Å². The van der Waals surface area contributed by atoms with Gasteiger partial charge in [0.25, 0.3) is 0 Å². The maximum atomic E-state index is 9.58. The summed E-state index contributed by atoms with van der Waals surface area (Å²) in [6, 6.07) is 19.1. The molecule has 0 fully saturated rings. The standard InChI is InChI=1S/C17H12Cl2N2/c18-13-6-7-15(17(19)10-13)16(11-21)14(8-9-20)12-4-2-1-3-5-12/h1-7,10,14,16H,8H2/t14-,16+/m1/s1. The van der Waals surface area contributed by atoms with Crippen LogP contribution >= 0.6 is 23.2 Å². The Balaban J connectivity index is 2.47. The van der Waals surface area contributed by atoms with Crippen LogP contribution in [0, 0.1) is 22.7 Å². The molecule has 0 unspecified atom stereocenters. The van der Waals surface area contributed by atoms with Gasteiger partial charge >= 0.3 is 0 Å². The van der Waals surface area contributed by atoms with Gasteiger partial charge in [-0.3, -0.25) is 0 Å². The first-order valence-electron chi connectivity index (χ1n) is 6.44. The van der Waals surface area contributed by atoms with E-state index in [1.807, 2.05) is 30.3 Å². The van der Waals surface area contributed by atoms with Crippen molar-refractivity contribution in [1.82, 2.24) is 0 Å². The van der Waals surface area contributed by atoms with Crippen LogP contribution in [0.25, 0.3) is 0 Å². The van der Waals surface area contributed by atoms with Gasteiger partial charge in [0.1, 0.15) is 0 Å². The van der Waals surface area contributed by atoms with E-state index >= 15 is 0 Å². The lowest BCUT2D eigenvalue weighted by Gasteiger charge is -2.21. The van der Waals surface area contributed by atoms with Crippen molar-refractivity contribution in [3.63, 3.8) is 0 Å². The maximum absolute atomic E-state index is 9.58. The van der Waals surface area contributed by atoms with Crippen LogP contribution in [-0.2, 0) is 0 Å². The number of hydrogen-bond donors (Lipinski definition) is 0. The van der Waals surface area contributed by atoms with E-state index in [-0.39, 0.29) is 12.3 Å². The first-order chi connectivity index (χ1) is 10.2. The summed E-state index contributed by atoms with van der Waals surface area (Å²) >= 11 is 12.1. The van der Waals surface area contributed by atoms with Gasteiger partial charge in [0, 0.05) is 22.4 Å². The lowest BCUT2D eigenvalue weighted by Crippen LogP contribution is -2.10. The van der Waals surface area contributed by atoms with Gasteiger partial charge in [-0.15, -0.1) is 0 Å². The van der Waals surface area contributed by atoms with Gasteiger partial charge < -0.3 is 0 Å². The minimum absolute atomic E-state index is 0.222. The zero-order valence-electron chi connectivity index (χ0n) is 11.1. The van der Waals surface area contributed by atoms with Gasteiger partial charge in [-0.1, -0.05) is 59.6 Å².